The molecule has 0 amide bonds. The summed E-state index contributed by atoms with van der Waals surface area (Å²) >= 11 is 5.43. The number of nitrogens with one attached hydrogen (secondary N) is 2. The molecule has 2 aromatic rings. The molecule has 3 heterocycles. The van der Waals surface area contributed by atoms with E-state index < -0.39 is 0 Å². The van der Waals surface area contributed by atoms with Crippen molar-refractivity contribution in [1.29, 1.82) is 0 Å². The SMILES string of the molecule is S=C(NCCCN1CCOCC1)Nc1ccc(-c2nnc3n2CCCCC3)cc1. The normalized spacial score (nSPS) is 17.4. The van der Waals surface area contributed by atoms with E-state index in [-0.39, 0.29) is 0 Å². The minimum Gasteiger partial charge on any atom is -0.379 e. The first kappa shape index (κ1) is 20.3. The summed E-state index contributed by atoms with van der Waals surface area (Å²) in [5.74, 6) is 2.08. The maximum Gasteiger partial charge on any atom is 0.170 e. The van der Waals surface area contributed by atoms with E-state index in [1.165, 1.54) is 19.3 Å². The van der Waals surface area contributed by atoms with Gasteiger partial charge in [0.05, 0.1) is 13.2 Å². The molecule has 2 N–H and O–H groups in total. The minimum absolute atomic E-state index is 0.663. The molecule has 0 atom stereocenters. The molecule has 2 aliphatic rings. The van der Waals surface area contributed by atoms with E-state index in [4.69, 9.17) is 17.0 Å². The fourth-order valence-corrected chi connectivity index (χ4v) is 4.13. The number of thiocarbonyl (C=S) groups is 1. The Morgan fingerprint density at radius 3 is 2.69 bits per heavy atom. The second-order valence-electron chi connectivity index (χ2n) is 7.67. The van der Waals surface area contributed by atoms with Gasteiger partial charge in [-0.25, -0.2) is 0 Å². The fourth-order valence-electron chi connectivity index (χ4n) is 3.91. The zero-order chi connectivity index (χ0) is 19.9. The molecule has 0 unspecified atom stereocenters. The van der Waals surface area contributed by atoms with Gasteiger partial charge in [0.1, 0.15) is 5.82 Å². The molecule has 1 saturated heterocycles. The molecule has 2 aliphatic heterocycles. The van der Waals surface area contributed by atoms with Gasteiger partial charge in [0.25, 0.3) is 0 Å². The molecule has 0 aliphatic carbocycles. The maximum atomic E-state index is 5.43. The van der Waals surface area contributed by atoms with Crippen LogP contribution in [0.3, 0.4) is 0 Å². The fraction of sp³-hybridized carbons (Fsp3) is 0.571. The quantitative estimate of drug-likeness (QED) is 0.556. The second-order valence-corrected chi connectivity index (χ2v) is 8.08. The smallest absolute Gasteiger partial charge is 0.170 e. The van der Waals surface area contributed by atoms with Crippen molar-refractivity contribution < 1.29 is 4.74 Å². The van der Waals surface area contributed by atoms with Crippen LogP contribution < -0.4 is 10.6 Å². The molecule has 0 spiro atoms. The first-order valence-electron chi connectivity index (χ1n) is 10.7. The van der Waals surface area contributed by atoms with E-state index in [1.807, 2.05) is 0 Å². The Bertz CT molecular complexity index is 800. The zero-order valence-corrected chi connectivity index (χ0v) is 17.7. The van der Waals surface area contributed by atoms with Gasteiger partial charge >= 0.3 is 0 Å². The molecule has 0 radical (unpaired) electrons. The third-order valence-electron chi connectivity index (χ3n) is 5.55. The van der Waals surface area contributed by atoms with E-state index in [0.717, 1.165) is 81.7 Å². The summed E-state index contributed by atoms with van der Waals surface area (Å²) in [6.45, 7) is 6.72. The lowest BCUT2D eigenvalue weighted by atomic mass is 10.2. The number of aromatic nitrogens is 3. The lowest BCUT2D eigenvalue weighted by Gasteiger charge is -2.26. The molecule has 4 rings (SSSR count). The average molecular weight is 415 g/mol. The maximum absolute atomic E-state index is 5.43. The Kier molecular flexibility index (Phi) is 7.08. The summed E-state index contributed by atoms with van der Waals surface area (Å²) in [6, 6.07) is 8.28. The van der Waals surface area contributed by atoms with Gasteiger partial charge in [0.2, 0.25) is 0 Å². The first-order chi connectivity index (χ1) is 14.3. The minimum atomic E-state index is 0.663. The summed E-state index contributed by atoms with van der Waals surface area (Å²) in [7, 11) is 0. The summed E-state index contributed by atoms with van der Waals surface area (Å²) in [5, 5.41) is 16.1. The number of hydrogen-bond donors (Lipinski definition) is 2. The molecule has 0 saturated carbocycles. The number of aryl methyl sites for hydroxylation is 1. The van der Waals surface area contributed by atoms with Crippen LogP contribution in [0.2, 0.25) is 0 Å². The van der Waals surface area contributed by atoms with Gasteiger partial charge in [-0.15, -0.1) is 10.2 Å². The predicted octanol–water partition coefficient (Wildman–Crippen LogP) is 2.68. The zero-order valence-electron chi connectivity index (χ0n) is 16.9. The molecular weight excluding hydrogens is 384 g/mol. The van der Waals surface area contributed by atoms with Crippen molar-refractivity contribution in [2.45, 2.75) is 38.6 Å². The highest BCUT2D eigenvalue weighted by atomic mass is 32.1. The molecule has 29 heavy (non-hydrogen) atoms. The molecule has 1 aromatic heterocycles. The number of ether oxygens (including phenoxy) is 1. The van der Waals surface area contributed by atoms with Crippen molar-refractivity contribution in [3.05, 3.63) is 30.1 Å². The lowest BCUT2D eigenvalue weighted by molar-refractivity contribution is 0.0376. The van der Waals surface area contributed by atoms with Crippen LogP contribution in [0.15, 0.2) is 24.3 Å². The van der Waals surface area contributed by atoms with Gasteiger partial charge in [-0.2, -0.15) is 0 Å². The molecule has 1 fully saturated rings. The van der Waals surface area contributed by atoms with Gasteiger partial charge in [0.15, 0.2) is 10.9 Å². The van der Waals surface area contributed by atoms with Crippen molar-refractivity contribution >= 4 is 23.0 Å². The number of fused-ring (bicyclic) bond motifs is 1. The summed E-state index contributed by atoms with van der Waals surface area (Å²) < 4.78 is 7.65. The molecular formula is C21H30N6OS. The number of morpholine rings is 1. The number of nitrogens with zero attached hydrogens (tertiary/aromatic N) is 4. The van der Waals surface area contributed by atoms with E-state index >= 15 is 0 Å². The number of rotatable bonds is 6. The topological polar surface area (TPSA) is 67.2 Å². The number of benzene rings is 1. The largest absolute Gasteiger partial charge is 0.379 e. The van der Waals surface area contributed by atoms with Crippen LogP contribution >= 0.6 is 12.2 Å². The highest BCUT2D eigenvalue weighted by Gasteiger charge is 2.16. The van der Waals surface area contributed by atoms with Crippen LogP contribution in [0, 0.1) is 0 Å². The van der Waals surface area contributed by atoms with Crippen molar-refractivity contribution in [3.8, 4) is 11.4 Å². The Morgan fingerprint density at radius 2 is 1.86 bits per heavy atom. The van der Waals surface area contributed by atoms with Crippen molar-refractivity contribution in [2.75, 3.05) is 44.7 Å². The van der Waals surface area contributed by atoms with Crippen molar-refractivity contribution in [1.82, 2.24) is 25.0 Å². The van der Waals surface area contributed by atoms with Crippen LogP contribution in [0.5, 0.6) is 0 Å². The lowest BCUT2D eigenvalue weighted by Crippen LogP contribution is -2.38. The van der Waals surface area contributed by atoms with Gasteiger partial charge < -0.3 is 19.9 Å². The Labute approximate surface area is 177 Å². The van der Waals surface area contributed by atoms with Gasteiger partial charge in [-0.3, -0.25) is 4.90 Å². The van der Waals surface area contributed by atoms with Crippen molar-refractivity contribution in [3.63, 3.8) is 0 Å². The van der Waals surface area contributed by atoms with Gasteiger partial charge in [-0.1, -0.05) is 6.42 Å². The van der Waals surface area contributed by atoms with Crippen LogP contribution in [0.1, 0.15) is 31.5 Å². The van der Waals surface area contributed by atoms with Crippen LogP contribution in [0.25, 0.3) is 11.4 Å². The van der Waals surface area contributed by atoms with Crippen LogP contribution in [-0.2, 0) is 17.7 Å². The highest BCUT2D eigenvalue weighted by molar-refractivity contribution is 7.80. The highest BCUT2D eigenvalue weighted by Crippen LogP contribution is 2.23. The van der Waals surface area contributed by atoms with E-state index in [2.05, 4.69) is 54.6 Å². The van der Waals surface area contributed by atoms with Gasteiger partial charge in [0, 0.05) is 43.9 Å². The molecule has 8 heteroatoms. The molecule has 156 valence electrons. The standard InChI is InChI=1S/C21H30N6OS/c29-21(22-10-4-11-26-13-15-28-16-14-26)23-18-8-6-17(7-9-18)20-25-24-19-5-2-1-3-12-27(19)20/h6-9H,1-5,10-16H2,(H2,22,23,29). The second kappa shape index (κ2) is 10.1. The van der Waals surface area contributed by atoms with Crippen LogP contribution in [0.4, 0.5) is 5.69 Å². The number of anilines is 1. The molecule has 7 nitrogen and oxygen atoms in total. The van der Waals surface area contributed by atoms with Gasteiger partial charge in [-0.05, 0) is 62.3 Å². The third-order valence-corrected chi connectivity index (χ3v) is 5.80. The summed E-state index contributed by atoms with van der Waals surface area (Å²) in [6.07, 6.45) is 5.76. The monoisotopic (exact) mass is 414 g/mol. The Balaban J connectivity index is 1.25. The average Bonchev–Trinajstić information content (AvgIpc) is 3.00. The van der Waals surface area contributed by atoms with E-state index in [1.54, 1.807) is 0 Å². The predicted molar refractivity (Wildman–Crippen MR) is 119 cm³/mol. The van der Waals surface area contributed by atoms with Crippen LogP contribution in [-0.4, -0.2) is 64.2 Å². The number of hydrogen-bond acceptors (Lipinski definition) is 5. The third kappa shape index (κ3) is 5.52. The molecule has 0 bridgehead atoms. The molecule has 1 aromatic carbocycles. The first-order valence-corrected chi connectivity index (χ1v) is 11.1. The summed E-state index contributed by atoms with van der Waals surface area (Å²) in [5.41, 5.74) is 2.08. The Hall–Kier alpha value is -2.03. The Morgan fingerprint density at radius 1 is 1.03 bits per heavy atom. The van der Waals surface area contributed by atoms with E-state index in [9.17, 15) is 0 Å². The van der Waals surface area contributed by atoms with E-state index in [0.29, 0.717) is 5.11 Å². The van der Waals surface area contributed by atoms with Crippen molar-refractivity contribution in [2.24, 2.45) is 0 Å². The summed E-state index contributed by atoms with van der Waals surface area (Å²) in [4.78, 5) is 2.44.